The van der Waals surface area contributed by atoms with E-state index in [1.54, 1.807) is 18.6 Å². The molecule has 8 nitrogen and oxygen atoms in total. The second-order valence-corrected chi connectivity index (χ2v) is 6.68. The molecule has 6 rings (SSSR count). The standard InChI is InChI=1S/C21H14N8/c1-2-7-22-16(3-1)19-20-17(6-8-23-19)26-21(27-20)18-14-9-12(13-10-24-25-11-13)4-5-15(14)28-29-18/h1-11H,(H,24,25)(H,26,27)(H,28,29). The number of aromatic nitrogens is 8. The van der Waals surface area contributed by atoms with Crippen molar-refractivity contribution in [3.8, 4) is 34.0 Å². The third kappa shape index (κ3) is 2.50. The highest BCUT2D eigenvalue weighted by molar-refractivity contribution is 5.97. The van der Waals surface area contributed by atoms with Crippen LogP contribution in [0.3, 0.4) is 0 Å². The number of nitrogens with zero attached hydrogens (tertiary/aromatic N) is 5. The number of imidazole rings is 1. The zero-order chi connectivity index (χ0) is 19.2. The maximum atomic E-state index is 4.81. The number of hydrogen-bond donors (Lipinski definition) is 3. The summed E-state index contributed by atoms with van der Waals surface area (Å²) in [6.45, 7) is 0. The zero-order valence-electron chi connectivity index (χ0n) is 15.1. The van der Waals surface area contributed by atoms with Gasteiger partial charge in [-0.15, -0.1) is 0 Å². The van der Waals surface area contributed by atoms with Crippen molar-refractivity contribution in [2.75, 3.05) is 0 Å². The number of H-pyrrole nitrogens is 3. The molecule has 0 bridgehead atoms. The van der Waals surface area contributed by atoms with Crippen LogP contribution in [0.25, 0.3) is 56.0 Å². The van der Waals surface area contributed by atoms with Gasteiger partial charge in [-0.1, -0.05) is 12.1 Å². The van der Waals surface area contributed by atoms with Crippen molar-refractivity contribution in [3.05, 3.63) is 67.3 Å². The number of pyridine rings is 2. The summed E-state index contributed by atoms with van der Waals surface area (Å²) in [6, 6.07) is 13.8. The molecule has 0 aliphatic rings. The Bertz CT molecular complexity index is 1440. The summed E-state index contributed by atoms with van der Waals surface area (Å²) >= 11 is 0. The molecule has 29 heavy (non-hydrogen) atoms. The van der Waals surface area contributed by atoms with Crippen LogP contribution >= 0.6 is 0 Å². The number of rotatable bonds is 3. The summed E-state index contributed by atoms with van der Waals surface area (Å²) < 4.78 is 0. The Morgan fingerprint density at radius 2 is 1.83 bits per heavy atom. The number of nitrogens with one attached hydrogen (secondary N) is 3. The smallest absolute Gasteiger partial charge is 0.159 e. The van der Waals surface area contributed by atoms with Crippen LogP contribution in [0.1, 0.15) is 0 Å². The summed E-state index contributed by atoms with van der Waals surface area (Å²) in [6.07, 6.45) is 7.18. The van der Waals surface area contributed by atoms with Gasteiger partial charge in [0, 0.05) is 29.5 Å². The molecule has 0 amide bonds. The van der Waals surface area contributed by atoms with Crippen LogP contribution in [0.5, 0.6) is 0 Å². The quantitative estimate of drug-likeness (QED) is 0.432. The van der Waals surface area contributed by atoms with Crippen LogP contribution in [0.15, 0.2) is 67.3 Å². The summed E-state index contributed by atoms with van der Waals surface area (Å²) in [7, 11) is 0. The van der Waals surface area contributed by atoms with E-state index in [9.17, 15) is 0 Å². The van der Waals surface area contributed by atoms with Gasteiger partial charge < -0.3 is 4.98 Å². The number of hydrogen-bond acceptors (Lipinski definition) is 5. The third-order valence-electron chi connectivity index (χ3n) is 4.93. The van der Waals surface area contributed by atoms with Crippen molar-refractivity contribution in [1.82, 2.24) is 40.3 Å². The first-order chi connectivity index (χ1) is 14.4. The van der Waals surface area contributed by atoms with E-state index in [2.05, 4.69) is 41.4 Å². The third-order valence-corrected chi connectivity index (χ3v) is 4.93. The largest absolute Gasteiger partial charge is 0.336 e. The van der Waals surface area contributed by atoms with Crippen LogP contribution in [-0.2, 0) is 0 Å². The minimum absolute atomic E-state index is 0.681. The Labute approximate surface area is 164 Å². The maximum Gasteiger partial charge on any atom is 0.159 e. The van der Waals surface area contributed by atoms with Gasteiger partial charge in [0.05, 0.1) is 22.9 Å². The van der Waals surface area contributed by atoms with Gasteiger partial charge in [0.15, 0.2) is 5.82 Å². The number of benzene rings is 1. The average molecular weight is 378 g/mol. The van der Waals surface area contributed by atoms with Gasteiger partial charge in [-0.2, -0.15) is 10.2 Å². The van der Waals surface area contributed by atoms with E-state index in [1.165, 1.54) is 0 Å². The highest BCUT2D eigenvalue weighted by Gasteiger charge is 2.16. The fourth-order valence-electron chi connectivity index (χ4n) is 3.52. The molecular weight excluding hydrogens is 364 g/mol. The van der Waals surface area contributed by atoms with Gasteiger partial charge in [-0.25, -0.2) is 4.98 Å². The van der Waals surface area contributed by atoms with E-state index < -0.39 is 0 Å². The van der Waals surface area contributed by atoms with Crippen molar-refractivity contribution in [2.45, 2.75) is 0 Å². The first-order valence-corrected chi connectivity index (χ1v) is 9.10. The molecule has 5 aromatic heterocycles. The molecule has 0 radical (unpaired) electrons. The van der Waals surface area contributed by atoms with Gasteiger partial charge in [0.25, 0.3) is 0 Å². The predicted molar refractivity (Wildman–Crippen MR) is 110 cm³/mol. The van der Waals surface area contributed by atoms with Gasteiger partial charge >= 0.3 is 0 Å². The monoisotopic (exact) mass is 378 g/mol. The topological polar surface area (TPSA) is 112 Å². The molecule has 0 aliphatic carbocycles. The van der Waals surface area contributed by atoms with E-state index in [0.717, 1.165) is 50.1 Å². The van der Waals surface area contributed by atoms with E-state index in [4.69, 9.17) is 4.98 Å². The molecule has 0 saturated carbocycles. The SMILES string of the molecule is c1ccc(-c2nccc3[nH]c(-c4n[nH]c5ccc(-c6cn[nH]c6)cc45)nc23)nc1. The Morgan fingerprint density at radius 1 is 0.828 bits per heavy atom. The Hall–Kier alpha value is -4.33. The molecule has 0 saturated heterocycles. The van der Waals surface area contributed by atoms with Crippen LogP contribution in [0, 0.1) is 0 Å². The van der Waals surface area contributed by atoms with Crippen LogP contribution < -0.4 is 0 Å². The lowest BCUT2D eigenvalue weighted by atomic mass is 10.1. The summed E-state index contributed by atoms with van der Waals surface area (Å²) in [5, 5.41) is 15.5. The van der Waals surface area contributed by atoms with Crippen LogP contribution in [-0.4, -0.2) is 40.3 Å². The molecule has 0 aliphatic heterocycles. The fraction of sp³-hybridized carbons (Fsp3) is 0. The molecule has 3 N–H and O–H groups in total. The highest BCUT2D eigenvalue weighted by atomic mass is 15.1. The summed E-state index contributed by atoms with van der Waals surface area (Å²) in [4.78, 5) is 17.1. The number of fused-ring (bicyclic) bond motifs is 2. The van der Waals surface area contributed by atoms with Crippen molar-refractivity contribution < 1.29 is 0 Å². The zero-order valence-corrected chi connectivity index (χ0v) is 15.1. The maximum absolute atomic E-state index is 4.81. The molecule has 1 aromatic carbocycles. The summed E-state index contributed by atoms with van der Waals surface area (Å²) in [5.74, 6) is 0.681. The molecule has 0 spiro atoms. The van der Waals surface area contributed by atoms with Crippen molar-refractivity contribution in [2.24, 2.45) is 0 Å². The average Bonchev–Trinajstić information content (AvgIpc) is 3.52. The molecule has 0 unspecified atom stereocenters. The summed E-state index contributed by atoms with van der Waals surface area (Å²) in [5.41, 5.74) is 6.95. The molecule has 6 aromatic rings. The van der Waals surface area contributed by atoms with E-state index in [1.807, 2.05) is 42.6 Å². The Balaban J connectivity index is 1.54. The van der Waals surface area contributed by atoms with Crippen molar-refractivity contribution >= 4 is 21.9 Å². The first kappa shape index (κ1) is 15.7. The fourth-order valence-corrected chi connectivity index (χ4v) is 3.52. The number of aromatic amines is 3. The normalized spacial score (nSPS) is 11.4. The first-order valence-electron chi connectivity index (χ1n) is 9.10. The highest BCUT2D eigenvalue weighted by Crippen LogP contribution is 2.31. The lowest BCUT2D eigenvalue weighted by molar-refractivity contribution is 1.09. The molecule has 0 fully saturated rings. The van der Waals surface area contributed by atoms with E-state index in [-0.39, 0.29) is 0 Å². The molecule has 138 valence electrons. The van der Waals surface area contributed by atoms with E-state index in [0.29, 0.717) is 5.82 Å². The second kappa shape index (κ2) is 6.10. The Morgan fingerprint density at radius 3 is 2.69 bits per heavy atom. The van der Waals surface area contributed by atoms with Crippen LogP contribution in [0.2, 0.25) is 0 Å². The Kier molecular flexibility index (Phi) is 3.30. The second-order valence-electron chi connectivity index (χ2n) is 6.68. The van der Waals surface area contributed by atoms with E-state index >= 15 is 0 Å². The lowest BCUT2D eigenvalue weighted by Crippen LogP contribution is -1.88. The van der Waals surface area contributed by atoms with Gasteiger partial charge in [-0.3, -0.25) is 20.2 Å². The van der Waals surface area contributed by atoms with Gasteiger partial charge in [0.2, 0.25) is 0 Å². The minimum Gasteiger partial charge on any atom is -0.336 e. The molecule has 8 heteroatoms. The minimum atomic E-state index is 0.681. The predicted octanol–water partition coefficient (Wildman–Crippen LogP) is 3.95. The molecule has 5 heterocycles. The molecule has 0 atom stereocenters. The molecular formula is C21H14N8. The lowest BCUT2D eigenvalue weighted by Gasteiger charge is -1.99. The van der Waals surface area contributed by atoms with Crippen molar-refractivity contribution in [1.29, 1.82) is 0 Å². The van der Waals surface area contributed by atoms with Gasteiger partial charge in [-0.05, 0) is 35.9 Å². The van der Waals surface area contributed by atoms with Crippen LogP contribution in [0.4, 0.5) is 0 Å². The van der Waals surface area contributed by atoms with Crippen molar-refractivity contribution in [3.63, 3.8) is 0 Å². The van der Waals surface area contributed by atoms with Gasteiger partial charge in [0.1, 0.15) is 16.9 Å².